The van der Waals surface area contributed by atoms with E-state index in [9.17, 15) is 9.59 Å². The lowest BCUT2D eigenvalue weighted by Crippen LogP contribution is -2.52. The van der Waals surface area contributed by atoms with Gasteiger partial charge in [-0.25, -0.2) is 0 Å². The van der Waals surface area contributed by atoms with Gasteiger partial charge in [0.15, 0.2) is 0 Å². The van der Waals surface area contributed by atoms with E-state index in [1.165, 1.54) is 11.3 Å². The molecule has 0 saturated carbocycles. The molecule has 0 bridgehead atoms. The number of likely N-dealkylation sites (tertiary alicyclic amines) is 1. The van der Waals surface area contributed by atoms with E-state index in [1.54, 1.807) is 7.05 Å². The lowest BCUT2D eigenvalue weighted by Gasteiger charge is -2.38. The number of aryl methyl sites for hydroxylation is 1. The Hall–Kier alpha value is -2.08. The van der Waals surface area contributed by atoms with Gasteiger partial charge in [-0.2, -0.15) is 0 Å². The van der Waals surface area contributed by atoms with E-state index in [0.29, 0.717) is 6.54 Å². The summed E-state index contributed by atoms with van der Waals surface area (Å²) in [6.07, 6.45) is 1.68. The van der Waals surface area contributed by atoms with Gasteiger partial charge in [-0.05, 0) is 50.6 Å². The van der Waals surface area contributed by atoms with Crippen molar-refractivity contribution in [3.05, 3.63) is 29.8 Å². The maximum absolute atomic E-state index is 12.6. The highest BCUT2D eigenvalue weighted by atomic mass is 16.2. The molecular weight excluding hydrogens is 328 g/mol. The van der Waals surface area contributed by atoms with E-state index in [4.69, 9.17) is 0 Å². The molecule has 2 aliphatic rings. The third kappa shape index (κ3) is 4.55. The smallest absolute Gasteiger partial charge is 0.236 e. The number of carbonyl (C=O) groups excluding carboxylic acids is 2. The number of carbonyl (C=O) groups is 2. The first-order valence-corrected chi connectivity index (χ1v) is 9.60. The average Bonchev–Trinajstić information content (AvgIpc) is 2.68. The monoisotopic (exact) mass is 358 g/mol. The Morgan fingerprint density at radius 1 is 1.08 bits per heavy atom. The Morgan fingerprint density at radius 2 is 1.77 bits per heavy atom. The van der Waals surface area contributed by atoms with Crippen LogP contribution in [0.4, 0.5) is 5.69 Å². The van der Waals surface area contributed by atoms with Gasteiger partial charge in [0.05, 0.1) is 6.54 Å². The van der Waals surface area contributed by atoms with Crippen LogP contribution in [0.5, 0.6) is 0 Å². The number of anilines is 1. The molecule has 0 aromatic heterocycles. The van der Waals surface area contributed by atoms with Gasteiger partial charge in [0.25, 0.3) is 0 Å². The van der Waals surface area contributed by atoms with E-state index in [2.05, 4.69) is 46.3 Å². The summed E-state index contributed by atoms with van der Waals surface area (Å²) >= 11 is 0. The number of benzene rings is 1. The summed E-state index contributed by atoms with van der Waals surface area (Å²) in [7, 11) is 1.69. The molecule has 2 amide bonds. The molecule has 1 N–H and O–H groups in total. The molecule has 0 radical (unpaired) electrons. The molecule has 142 valence electrons. The summed E-state index contributed by atoms with van der Waals surface area (Å²) in [6, 6.07) is 8.54. The third-order valence-electron chi connectivity index (χ3n) is 5.56. The highest BCUT2D eigenvalue weighted by Gasteiger charge is 2.27. The minimum Gasteiger partial charge on any atom is -0.368 e. The van der Waals surface area contributed by atoms with Crippen LogP contribution in [0.2, 0.25) is 0 Å². The molecule has 0 unspecified atom stereocenters. The lowest BCUT2D eigenvalue weighted by atomic mass is 9.96. The summed E-state index contributed by atoms with van der Waals surface area (Å²) in [4.78, 5) is 30.8. The minimum atomic E-state index is 0.101. The zero-order chi connectivity index (χ0) is 18.5. The van der Waals surface area contributed by atoms with E-state index < -0.39 is 0 Å². The molecule has 0 aliphatic carbocycles. The van der Waals surface area contributed by atoms with Crippen molar-refractivity contribution in [1.29, 1.82) is 0 Å². The molecule has 1 aromatic carbocycles. The Morgan fingerprint density at radius 3 is 2.38 bits per heavy atom. The van der Waals surface area contributed by atoms with E-state index in [-0.39, 0.29) is 17.7 Å². The maximum atomic E-state index is 12.6. The molecule has 0 atom stereocenters. The van der Waals surface area contributed by atoms with Gasteiger partial charge in [0.1, 0.15) is 0 Å². The van der Waals surface area contributed by atoms with Crippen molar-refractivity contribution >= 4 is 17.5 Å². The quantitative estimate of drug-likeness (QED) is 0.876. The predicted molar refractivity (Wildman–Crippen MR) is 103 cm³/mol. The maximum Gasteiger partial charge on any atom is 0.236 e. The van der Waals surface area contributed by atoms with Crippen molar-refractivity contribution in [3.63, 3.8) is 0 Å². The topological polar surface area (TPSA) is 55.9 Å². The number of amides is 2. The second-order valence-corrected chi connectivity index (χ2v) is 7.37. The standard InChI is InChI=1S/C20H30N4O2/c1-16-4-3-5-18(14-16)23-10-12-24(13-11-23)19(25)15-22-8-6-17(7-9-22)20(26)21-2/h3-5,14,17H,6-13,15H2,1-2H3,(H,21,26). The molecule has 6 nitrogen and oxygen atoms in total. The van der Waals surface area contributed by atoms with Gasteiger partial charge in [-0.15, -0.1) is 0 Å². The fourth-order valence-corrected chi connectivity index (χ4v) is 3.89. The number of hydrogen-bond donors (Lipinski definition) is 1. The fourth-order valence-electron chi connectivity index (χ4n) is 3.89. The van der Waals surface area contributed by atoms with Crippen LogP contribution in [-0.4, -0.2) is 74.5 Å². The van der Waals surface area contributed by atoms with Crippen LogP contribution in [-0.2, 0) is 9.59 Å². The highest BCUT2D eigenvalue weighted by Crippen LogP contribution is 2.19. The van der Waals surface area contributed by atoms with E-state index in [0.717, 1.165) is 52.1 Å². The van der Waals surface area contributed by atoms with E-state index >= 15 is 0 Å². The van der Waals surface area contributed by atoms with Crippen molar-refractivity contribution in [1.82, 2.24) is 15.1 Å². The lowest BCUT2D eigenvalue weighted by molar-refractivity contribution is -0.133. The first-order valence-electron chi connectivity index (χ1n) is 9.60. The van der Waals surface area contributed by atoms with Gasteiger partial charge in [-0.3, -0.25) is 14.5 Å². The van der Waals surface area contributed by atoms with Crippen LogP contribution in [0.1, 0.15) is 18.4 Å². The summed E-state index contributed by atoms with van der Waals surface area (Å²) in [6.45, 7) is 7.56. The Kier molecular flexibility index (Phi) is 6.14. The van der Waals surface area contributed by atoms with E-state index in [1.807, 2.05) is 4.90 Å². The zero-order valence-corrected chi connectivity index (χ0v) is 15.9. The number of piperidine rings is 1. The number of rotatable bonds is 4. The molecular formula is C20H30N4O2. The first kappa shape index (κ1) is 18.7. The first-order chi connectivity index (χ1) is 12.6. The van der Waals surface area contributed by atoms with Crippen LogP contribution in [0.3, 0.4) is 0 Å². The van der Waals surface area contributed by atoms with Crippen molar-refractivity contribution in [2.45, 2.75) is 19.8 Å². The van der Waals surface area contributed by atoms with Crippen LogP contribution in [0.25, 0.3) is 0 Å². The minimum absolute atomic E-state index is 0.101. The van der Waals surface area contributed by atoms with Crippen molar-refractivity contribution in [3.8, 4) is 0 Å². The summed E-state index contributed by atoms with van der Waals surface area (Å²) in [5.74, 6) is 0.444. The Labute approximate surface area is 156 Å². The number of piperazine rings is 1. The molecule has 0 spiro atoms. The molecule has 6 heteroatoms. The second kappa shape index (κ2) is 8.54. The third-order valence-corrected chi connectivity index (χ3v) is 5.56. The van der Waals surface area contributed by atoms with Gasteiger partial charge in [0, 0.05) is 44.8 Å². The van der Waals surface area contributed by atoms with Crippen molar-refractivity contribution < 1.29 is 9.59 Å². The molecule has 3 rings (SSSR count). The second-order valence-electron chi connectivity index (χ2n) is 7.37. The Bertz CT molecular complexity index is 632. The Balaban J connectivity index is 1.44. The van der Waals surface area contributed by atoms with Gasteiger partial charge in [-0.1, -0.05) is 12.1 Å². The summed E-state index contributed by atoms with van der Waals surface area (Å²) < 4.78 is 0. The predicted octanol–water partition coefficient (Wildman–Crippen LogP) is 1.10. The van der Waals surface area contributed by atoms with Crippen LogP contribution in [0.15, 0.2) is 24.3 Å². The highest BCUT2D eigenvalue weighted by molar-refractivity contribution is 5.79. The molecule has 26 heavy (non-hydrogen) atoms. The summed E-state index contributed by atoms with van der Waals surface area (Å²) in [5.41, 5.74) is 2.51. The molecule has 2 aliphatic heterocycles. The van der Waals surface area contributed by atoms with Gasteiger partial charge < -0.3 is 15.1 Å². The fraction of sp³-hybridized carbons (Fsp3) is 0.600. The van der Waals surface area contributed by atoms with Crippen LogP contribution >= 0.6 is 0 Å². The van der Waals surface area contributed by atoms with Crippen molar-refractivity contribution in [2.24, 2.45) is 5.92 Å². The average molecular weight is 358 g/mol. The van der Waals surface area contributed by atoms with Gasteiger partial charge >= 0.3 is 0 Å². The SMILES string of the molecule is CNC(=O)C1CCN(CC(=O)N2CCN(c3cccc(C)c3)CC2)CC1. The molecule has 2 heterocycles. The molecule has 1 aromatic rings. The number of hydrogen-bond acceptors (Lipinski definition) is 4. The number of nitrogens with zero attached hydrogens (tertiary/aromatic N) is 3. The van der Waals surface area contributed by atoms with Crippen LogP contribution in [0, 0.1) is 12.8 Å². The van der Waals surface area contributed by atoms with Crippen LogP contribution < -0.4 is 10.2 Å². The zero-order valence-electron chi connectivity index (χ0n) is 15.9. The van der Waals surface area contributed by atoms with Crippen molar-refractivity contribution in [2.75, 3.05) is 57.8 Å². The normalized spacial score (nSPS) is 19.5. The molecule has 2 saturated heterocycles. The van der Waals surface area contributed by atoms with Gasteiger partial charge in [0.2, 0.25) is 11.8 Å². The summed E-state index contributed by atoms with van der Waals surface area (Å²) in [5, 5.41) is 2.73. The largest absolute Gasteiger partial charge is 0.368 e. The molecule has 2 fully saturated rings. The number of nitrogens with one attached hydrogen (secondary N) is 1.